The number of hydrogen-bond donors (Lipinski definition) is 3. The zero-order valence-electron chi connectivity index (χ0n) is 11.3. The van der Waals surface area contributed by atoms with Crippen LogP contribution in [0.25, 0.3) is 11.0 Å². The first-order valence-corrected chi connectivity index (χ1v) is 6.84. The van der Waals surface area contributed by atoms with E-state index < -0.39 is 6.10 Å². The SMILES string of the molecule is CC(NC(=O)C1CC(O)CN1)c1cc2ccccc2o1. The number of furan rings is 1. The van der Waals surface area contributed by atoms with Crippen molar-refractivity contribution in [3.8, 4) is 0 Å². The lowest BCUT2D eigenvalue weighted by atomic mass is 10.1. The Hall–Kier alpha value is -1.85. The van der Waals surface area contributed by atoms with E-state index in [2.05, 4.69) is 10.6 Å². The second-order valence-electron chi connectivity index (χ2n) is 5.27. The van der Waals surface area contributed by atoms with Gasteiger partial charge in [-0.25, -0.2) is 0 Å². The number of para-hydroxylation sites is 1. The van der Waals surface area contributed by atoms with Crippen LogP contribution in [0, 0.1) is 0 Å². The van der Waals surface area contributed by atoms with Crippen LogP contribution in [-0.4, -0.2) is 29.7 Å². The maximum Gasteiger partial charge on any atom is 0.237 e. The minimum atomic E-state index is -0.438. The molecule has 20 heavy (non-hydrogen) atoms. The lowest BCUT2D eigenvalue weighted by molar-refractivity contribution is -0.123. The fraction of sp³-hybridized carbons (Fsp3) is 0.400. The van der Waals surface area contributed by atoms with Crippen LogP contribution < -0.4 is 10.6 Å². The van der Waals surface area contributed by atoms with Crippen LogP contribution in [0.4, 0.5) is 0 Å². The molecule has 1 fully saturated rings. The van der Waals surface area contributed by atoms with Crippen molar-refractivity contribution in [1.82, 2.24) is 10.6 Å². The molecule has 3 rings (SSSR count). The Morgan fingerprint density at radius 1 is 1.50 bits per heavy atom. The Bertz CT molecular complexity index is 589. The normalized spacial score (nSPS) is 23.9. The molecule has 0 bridgehead atoms. The molecular weight excluding hydrogens is 256 g/mol. The van der Waals surface area contributed by atoms with Crippen LogP contribution in [0.5, 0.6) is 0 Å². The molecule has 0 radical (unpaired) electrons. The van der Waals surface area contributed by atoms with Crippen molar-refractivity contribution < 1.29 is 14.3 Å². The summed E-state index contributed by atoms with van der Waals surface area (Å²) in [5, 5.41) is 16.4. The van der Waals surface area contributed by atoms with Gasteiger partial charge in [-0.3, -0.25) is 4.79 Å². The number of aliphatic hydroxyl groups is 1. The molecule has 1 saturated heterocycles. The van der Waals surface area contributed by atoms with Gasteiger partial charge < -0.3 is 20.2 Å². The Balaban J connectivity index is 1.69. The number of benzene rings is 1. The molecule has 2 aromatic rings. The molecule has 0 saturated carbocycles. The van der Waals surface area contributed by atoms with Crippen LogP contribution in [0.2, 0.25) is 0 Å². The number of hydrogen-bond acceptors (Lipinski definition) is 4. The van der Waals surface area contributed by atoms with Gasteiger partial charge in [-0.05, 0) is 25.5 Å². The number of carbonyl (C=O) groups excluding carboxylic acids is 1. The van der Waals surface area contributed by atoms with Gasteiger partial charge in [0.15, 0.2) is 0 Å². The molecule has 3 atom stereocenters. The predicted molar refractivity (Wildman–Crippen MR) is 75.2 cm³/mol. The Kier molecular flexibility index (Phi) is 3.46. The summed E-state index contributed by atoms with van der Waals surface area (Å²) in [4.78, 5) is 12.1. The molecule has 5 nitrogen and oxygen atoms in total. The monoisotopic (exact) mass is 274 g/mol. The molecule has 3 N–H and O–H groups in total. The number of aliphatic hydroxyl groups excluding tert-OH is 1. The van der Waals surface area contributed by atoms with Crippen molar-refractivity contribution in [1.29, 1.82) is 0 Å². The summed E-state index contributed by atoms with van der Waals surface area (Å²) in [6, 6.07) is 9.18. The Morgan fingerprint density at radius 2 is 2.30 bits per heavy atom. The minimum absolute atomic E-state index is 0.102. The molecule has 2 heterocycles. The zero-order chi connectivity index (χ0) is 14.1. The molecule has 106 valence electrons. The first-order valence-electron chi connectivity index (χ1n) is 6.84. The predicted octanol–water partition coefficient (Wildman–Crippen LogP) is 1.33. The fourth-order valence-electron chi connectivity index (χ4n) is 2.52. The number of nitrogens with one attached hydrogen (secondary N) is 2. The average Bonchev–Trinajstić information content (AvgIpc) is 3.04. The van der Waals surface area contributed by atoms with E-state index in [0.717, 1.165) is 16.7 Å². The summed E-state index contributed by atoms with van der Waals surface area (Å²) in [7, 11) is 0. The third-order valence-electron chi connectivity index (χ3n) is 3.65. The molecule has 1 aromatic heterocycles. The second-order valence-corrected chi connectivity index (χ2v) is 5.27. The third-order valence-corrected chi connectivity index (χ3v) is 3.65. The van der Waals surface area contributed by atoms with Crippen LogP contribution in [-0.2, 0) is 4.79 Å². The highest BCUT2D eigenvalue weighted by atomic mass is 16.3. The largest absolute Gasteiger partial charge is 0.459 e. The van der Waals surface area contributed by atoms with E-state index in [4.69, 9.17) is 4.42 Å². The highest BCUT2D eigenvalue weighted by Crippen LogP contribution is 2.23. The molecule has 1 aliphatic rings. The lowest BCUT2D eigenvalue weighted by Crippen LogP contribution is -2.41. The molecule has 1 aromatic carbocycles. The van der Waals surface area contributed by atoms with Gasteiger partial charge in [0, 0.05) is 11.9 Å². The van der Waals surface area contributed by atoms with Crippen molar-refractivity contribution in [3.63, 3.8) is 0 Å². The summed E-state index contributed by atoms with van der Waals surface area (Å²) < 4.78 is 5.73. The quantitative estimate of drug-likeness (QED) is 0.789. The van der Waals surface area contributed by atoms with Crippen molar-refractivity contribution in [2.24, 2.45) is 0 Å². The highest BCUT2D eigenvalue weighted by Gasteiger charge is 2.29. The molecule has 3 unspecified atom stereocenters. The number of carbonyl (C=O) groups is 1. The number of β-amino-alcohol motifs (C(OH)–C–C–N with tert-alkyl or cyclic N) is 1. The lowest BCUT2D eigenvalue weighted by Gasteiger charge is -2.15. The number of amides is 1. The number of fused-ring (bicyclic) bond motifs is 1. The summed E-state index contributed by atoms with van der Waals surface area (Å²) >= 11 is 0. The second kappa shape index (κ2) is 5.26. The molecule has 1 amide bonds. The van der Waals surface area contributed by atoms with Crippen molar-refractivity contribution in [2.45, 2.75) is 31.5 Å². The van der Waals surface area contributed by atoms with Gasteiger partial charge in [0.1, 0.15) is 11.3 Å². The van der Waals surface area contributed by atoms with Gasteiger partial charge in [-0.15, -0.1) is 0 Å². The van der Waals surface area contributed by atoms with Crippen LogP contribution >= 0.6 is 0 Å². The first kappa shape index (κ1) is 13.1. The van der Waals surface area contributed by atoms with Gasteiger partial charge in [-0.2, -0.15) is 0 Å². The van der Waals surface area contributed by atoms with Gasteiger partial charge in [0.25, 0.3) is 0 Å². The number of rotatable bonds is 3. The molecule has 5 heteroatoms. The topological polar surface area (TPSA) is 74.5 Å². The Labute approximate surface area is 117 Å². The summed E-state index contributed by atoms with van der Waals surface area (Å²) in [5.74, 6) is 0.632. The Morgan fingerprint density at radius 3 is 3.00 bits per heavy atom. The van der Waals surface area contributed by atoms with E-state index in [9.17, 15) is 9.90 Å². The van der Waals surface area contributed by atoms with Crippen molar-refractivity contribution in [2.75, 3.05) is 6.54 Å². The van der Waals surface area contributed by atoms with Gasteiger partial charge >= 0.3 is 0 Å². The summed E-state index contributed by atoms with van der Waals surface area (Å²) in [5.41, 5.74) is 0.818. The average molecular weight is 274 g/mol. The highest BCUT2D eigenvalue weighted by molar-refractivity contribution is 5.83. The zero-order valence-corrected chi connectivity index (χ0v) is 11.3. The van der Waals surface area contributed by atoms with Gasteiger partial charge in [0.2, 0.25) is 5.91 Å². The van der Waals surface area contributed by atoms with E-state index in [-0.39, 0.29) is 18.0 Å². The van der Waals surface area contributed by atoms with Gasteiger partial charge in [0.05, 0.1) is 18.2 Å². The molecule has 0 aliphatic carbocycles. The maximum absolute atomic E-state index is 12.1. The molecule has 0 spiro atoms. The van der Waals surface area contributed by atoms with E-state index >= 15 is 0 Å². The van der Waals surface area contributed by atoms with Crippen molar-refractivity contribution >= 4 is 16.9 Å². The smallest absolute Gasteiger partial charge is 0.237 e. The third kappa shape index (κ3) is 2.55. The standard InChI is InChI=1S/C15H18N2O3/c1-9(17-15(19)12-7-11(18)8-16-12)14-6-10-4-2-3-5-13(10)20-14/h2-6,9,11-12,16,18H,7-8H2,1H3,(H,17,19). The fourth-order valence-corrected chi connectivity index (χ4v) is 2.52. The van der Waals surface area contributed by atoms with E-state index in [0.29, 0.717) is 13.0 Å². The molecular formula is C15H18N2O3. The van der Waals surface area contributed by atoms with E-state index in [1.54, 1.807) is 0 Å². The first-order chi connectivity index (χ1) is 9.63. The summed E-state index contributed by atoms with van der Waals surface area (Å²) in [6.45, 7) is 2.36. The maximum atomic E-state index is 12.1. The summed E-state index contributed by atoms with van der Waals surface area (Å²) in [6.07, 6.45) is 0.0193. The van der Waals surface area contributed by atoms with Crippen molar-refractivity contribution in [3.05, 3.63) is 36.1 Å². The molecule has 1 aliphatic heterocycles. The van der Waals surface area contributed by atoms with Gasteiger partial charge in [-0.1, -0.05) is 18.2 Å². The minimum Gasteiger partial charge on any atom is -0.459 e. The van der Waals surface area contributed by atoms with E-state index in [1.165, 1.54) is 0 Å². The van der Waals surface area contributed by atoms with E-state index in [1.807, 2.05) is 37.3 Å². The van der Waals surface area contributed by atoms with Crippen LogP contribution in [0.3, 0.4) is 0 Å². The van der Waals surface area contributed by atoms with Crippen LogP contribution in [0.1, 0.15) is 25.1 Å². The van der Waals surface area contributed by atoms with Crippen LogP contribution in [0.15, 0.2) is 34.7 Å².